The molecule has 0 aliphatic rings. The molecule has 1 aromatic heterocycles. The van der Waals surface area contributed by atoms with Crippen molar-refractivity contribution in [3.05, 3.63) is 52.8 Å². The predicted octanol–water partition coefficient (Wildman–Crippen LogP) is 3.37. The average molecular weight is 297 g/mol. The first-order chi connectivity index (χ1) is 9.93. The van der Waals surface area contributed by atoms with Gasteiger partial charge in [-0.15, -0.1) is 0 Å². The molecule has 0 aliphatic heterocycles. The van der Waals surface area contributed by atoms with Crippen molar-refractivity contribution >= 4 is 0 Å². The zero-order valence-electron chi connectivity index (χ0n) is 12.0. The van der Waals surface area contributed by atoms with Crippen LogP contribution in [0.15, 0.2) is 30.5 Å². The molecule has 1 heterocycles. The Morgan fingerprint density at radius 3 is 2.52 bits per heavy atom. The lowest BCUT2D eigenvalue weighted by Crippen LogP contribution is -2.20. The number of rotatable bonds is 5. The molecule has 114 valence electrons. The van der Waals surface area contributed by atoms with E-state index in [4.69, 9.17) is 0 Å². The van der Waals surface area contributed by atoms with E-state index in [1.807, 2.05) is 38.1 Å². The number of aromatic nitrogens is 2. The normalized spacial score (nSPS) is 11.9. The van der Waals surface area contributed by atoms with Crippen LogP contribution in [0.2, 0.25) is 0 Å². The van der Waals surface area contributed by atoms with Crippen LogP contribution < -0.4 is 5.32 Å². The Morgan fingerprint density at radius 2 is 1.90 bits per heavy atom. The molecule has 0 saturated heterocycles. The van der Waals surface area contributed by atoms with Crippen molar-refractivity contribution in [3.8, 4) is 0 Å². The average Bonchev–Trinajstić information content (AvgIpc) is 2.82. The van der Waals surface area contributed by atoms with Gasteiger partial charge in [-0.05, 0) is 24.6 Å². The predicted molar refractivity (Wildman–Crippen MR) is 74.9 cm³/mol. The number of benzene rings is 1. The van der Waals surface area contributed by atoms with E-state index in [0.29, 0.717) is 6.54 Å². The molecule has 0 aliphatic carbocycles. The van der Waals surface area contributed by atoms with Gasteiger partial charge in [0.25, 0.3) is 0 Å². The second kappa shape index (κ2) is 6.30. The Labute approximate surface area is 121 Å². The van der Waals surface area contributed by atoms with E-state index in [1.165, 1.54) is 6.20 Å². The van der Waals surface area contributed by atoms with Crippen molar-refractivity contribution in [1.82, 2.24) is 15.1 Å². The van der Waals surface area contributed by atoms with E-state index < -0.39 is 11.9 Å². The number of alkyl halides is 3. The van der Waals surface area contributed by atoms with Crippen LogP contribution in [-0.4, -0.2) is 16.3 Å². The molecule has 0 atom stereocenters. The van der Waals surface area contributed by atoms with Gasteiger partial charge in [0.05, 0.1) is 12.7 Å². The standard InChI is InChI=1S/C15H18F3N3/c1-3-19-8-13-9-20-21(14(13)15(16,17)18)10-12-7-5-4-6-11(12)2/h4-7,9,19H,3,8,10H2,1-2H3. The van der Waals surface area contributed by atoms with Gasteiger partial charge in [-0.1, -0.05) is 31.2 Å². The molecule has 0 fully saturated rings. The number of hydrogen-bond acceptors (Lipinski definition) is 2. The fourth-order valence-corrected chi connectivity index (χ4v) is 2.21. The maximum Gasteiger partial charge on any atom is 0.433 e. The van der Waals surface area contributed by atoms with Crippen molar-refractivity contribution in [1.29, 1.82) is 0 Å². The van der Waals surface area contributed by atoms with E-state index in [0.717, 1.165) is 15.8 Å². The van der Waals surface area contributed by atoms with Crippen LogP contribution >= 0.6 is 0 Å². The molecular formula is C15H18F3N3. The molecular weight excluding hydrogens is 279 g/mol. The summed E-state index contributed by atoms with van der Waals surface area (Å²) in [4.78, 5) is 0. The van der Waals surface area contributed by atoms with Gasteiger partial charge < -0.3 is 5.32 Å². The highest BCUT2D eigenvalue weighted by molar-refractivity contribution is 5.28. The summed E-state index contributed by atoms with van der Waals surface area (Å²) in [6.45, 7) is 4.63. The SMILES string of the molecule is CCNCc1cnn(Cc2ccccc2C)c1C(F)(F)F. The van der Waals surface area contributed by atoms with Gasteiger partial charge in [0, 0.05) is 12.1 Å². The fraction of sp³-hybridized carbons (Fsp3) is 0.400. The summed E-state index contributed by atoms with van der Waals surface area (Å²) in [6, 6.07) is 7.38. The Morgan fingerprint density at radius 1 is 1.19 bits per heavy atom. The van der Waals surface area contributed by atoms with E-state index in [-0.39, 0.29) is 18.7 Å². The minimum Gasteiger partial charge on any atom is -0.313 e. The number of nitrogens with one attached hydrogen (secondary N) is 1. The quantitative estimate of drug-likeness (QED) is 0.917. The van der Waals surface area contributed by atoms with Crippen LogP contribution in [0.25, 0.3) is 0 Å². The zero-order valence-corrected chi connectivity index (χ0v) is 12.0. The van der Waals surface area contributed by atoms with Gasteiger partial charge in [0.1, 0.15) is 5.69 Å². The van der Waals surface area contributed by atoms with E-state index in [1.54, 1.807) is 0 Å². The highest BCUT2D eigenvalue weighted by Gasteiger charge is 2.37. The van der Waals surface area contributed by atoms with Crippen molar-refractivity contribution in [2.24, 2.45) is 0 Å². The molecule has 21 heavy (non-hydrogen) atoms. The first-order valence-corrected chi connectivity index (χ1v) is 6.80. The molecule has 0 saturated carbocycles. The van der Waals surface area contributed by atoms with Crippen molar-refractivity contribution in [2.75, 3.05) is 6.54 Å². The third-order valence-corrected chi connectivity index (χ3v) is 3.33. The maximum absolute atomic E-state index is 13.3. The van der Waals surface area contributed by atoms with Crippen LogP contribution in [0.4, 0.5) is 13.2 Å². The number of hydrogen-bond donors (Lipinski definition) is 1. The lowest BCUT2D eigenvalue weighted by atomic mass is 10.1. The van der Waals surface area contributed by atoms with Gasteiger partial charge in [-0.3, -0.25) is 4.68 Å². The van der Waals surface area contributed by atoms with E-state index in [2.05, 4.69) is 10.4 Å². The zero-order chi connectivity index (χ0) is 15.5. The second-order valence-corrected chi connectivity index (χ2v) is 4.88. The molecule has 0 unspecified atom stereocenters. The van der Waals surface area contributed by atoms with Gasteiger partial charge in [-0.2, -0.15) is 18.3 Å². The van der Waals surface area contributed by atoms with Crippen molar-refractivity contribution in [2.45, 2.75) is 33.1 Å². The Kier molecular flexibility index (Phi) is 4.67. The maximum atomic E-state index is 13.3. The van der Waals surface area contributed by atoms with Crippen LogP contribution in [0.3, 0.4) is 0 Å². The summed E-state index contributed by atoms with van der Waals surface area (Å²) < 4.78 is 40.9. The molecule has 2 rings (SSSR count). The summed E-state index contributed by atoms with van der Waals surface area (Å²) in [6.07, 6.45) is -3.12. The largest absolute Gasteiger partial charge is 0.433 e. The number of halogens is 3. The number of aryl methyl sites for hydroxylation is 1. The minimum absolute atomic E-state index is 0.119. The van der Waals surface area contributed by atoms with Gasteiger partial charge >= 0.3 is 6.18 Å². The second-order valence-electron chi connectivity index (χ2n) is 4.88. The lowest BCUT2D eigenvalue weighted by Gasteiger charge is -2.14. The lowest BCUT2D eigenvalue weighted by molar-refractivity contribution is -0.144. The Hall–Kier alpha value is -1.82. The van der Waals surface area contributed by atoms with Crippen molar-refractivity contribution in [3.63, 3.8) is 0 Å². The number of nitrogens with zero attached hydrogens (tertiary/aromatic N) is 2. The summed E-state index contributed by atoms with van der Waals surface area (Å²) in [5.41, 5.74) is 1.29. The smallest absolute Gasteiger partial charge is 0.313 e. The van der Waals surface area contributed by atoms with Crippen LogP contribution in [0, 0.1) is 6.92 Å². The molecule has 0 amide bonds. The summed E-state index contributed by atoms with van der Waals surface area (Å²) in [5, 5.41) is 6.84. The van der Waals surface area contributed by atoms with E-state index >= 15 is 0 Å². The third-order valence-electron chi connectivity index (χ3n) is 3.33. The van der Waals surface area contributed by atoms with Crippen molar-refractivity contribution < 1.29 is 13.2 Å². The topological polar surface area (TPSA) is 29.9 Å². The first kappa shape index (κ1) is 15.6. The summed E-state index contributed by atoms with van der Waals surface area (Å²) in [5.74, 6) is 0. The molecule has 1 aromatic carbocycles. The van der Waals surface area contributed by atoms with Gasteiger partial charge in [0.2, 0.25) is 0 Å². The van der Waals surface area contributed by atoms with Gasteiger partial charge in [-0.25, -0.2) is 0 Å². The molecule has 6 heteroatoms. The van der Waals surface area contributed by atoms with Crippen LogP contribution in [-0.2, 0) is 19.3 Å². The minimum atomic E-state index is -4.41. The Balaban J connectivity index is 2.35. The van der Waals surface area contributed by atoms with Crippen LogP contribution in [0.5, 0.6) is 0 Å². The molecule has 1 N–H and O–H groups in total. The summed E-state index contributed by atoms with van der Waals surface area (Å²) >= 11 is 0. The highest BCUT2D eigenvalue weighted by Crippen LogP contribution is 2.32. The molecule has 2 aromatic rings. The van der Waals surface area contributed by atoms with Crippen LogP contribution in [0.1, 0.15) is 29.3 Å². The first-order valence-electron chi connectivity index (χ1n) is 6.80. The van der Waals surface area contributed by atoms with E-state index in [9.17, 15) is 13.2 Å². The monoisotopic (exact) mass is 297 g/mol. The molecule has 3 nitrogen and oxygen atoms in total. The Bertz CT molecular complexity index is 602. The highest BCUT2D eigenvalue weighted by atomic mass is 19.4. The molecule has 0 radical (unpaired) electrons. The fourth-order valence-electron chi connectivity index (χ4n) is 2.21. The summed E-state index contributed by atoms with van der Waals surface area (Å²) in [7, 11) is 0. The van der Waals surface area contributed by atoms with Gasteiger partial charge in [0.15, 0.2) is 0 Å². The molecule has 0 spiro atoms. The molecule has 0 bridgehead atoms. The third kappa shape index (κ3) is 3.64.